The molecule has 1 aromatic heterocycles. The summed E-state index contributed by atoms with van der Waals surface area (Å²) in [6, 6.07) is 20.5. The number of carbonyl (C=O) groups is 1. The van der Waals surface area contributed by atoms with Crippen molar-refractivity contribution in [1.82, 2.24) is 20.2 Å². The number of aromatic nitrogens is 2. The Morgan fingerprint density at radius 1 is 0.929 bits per heavy atom. The van der Waals surface area contributed by atoms with Gasteiger partial charge in [0.2, 0.25) is 0 Å². The number of nitrogens with one attached hydrogen (secondary N) is 1. The van der Waals surface area contributed by atoms with E-state index in [4.69, 9.17) is 0 Å². The van der Waals surface area contributed by atoms with Gasteiger partial charge in [-0.3, -0.25) is 9.69 Å². The average Bonchev–Trinajstić information content (AvgIpc) is 2.76. The highest BCUT2D eigenvalue weighted by molar-refractivity contribution is 5.93. The molecule has 1 aliphatic heterocycles. The smallest absolute Gasteiger partial charge is 0.254 e. The van der Waals surface area contributed by atoms with E-state index < -0.39 is 0 Å². The second-order valence-corrected chi connectivity index (χ2v) is 7.17. The number of hydrogen-bond acceptors (Lipinski definition) is 4. The number of hydrogen-bond donors (Lipinski definition) is 1. The van der Waals surface area contributed by atoms with Gasteiger partial charge in [0.05, 0.1) is 5.56 Å². The highest BCUT2D eigenvalue weighted by Crippen LogP contribution is 2.16. The zero-order valence-electron chi connectivity index (χ0n) is 15.8. The number of likely N-dealkylation sites (tertiary alicyclic amines) is 1. The van der Waals surface area contributed by atoms with Crippen molar-refractivity contribution in [2.75, 3.05) is 13.1 Å². The summed E-state index contributed by atoms with van der Waals surface area (Å²) in [6.07, 6.45) is 5.13. The van der Waals surface area contributed by atoms with E-state index in [9.17, 15) is 4.79 Å². The van der Waals surface area contributed by atoms with E-state index in [-0.39, 0.29) is 11.9 Å². The van der Waals surface area contributed by atoms with Crippen molar-refractivity contribution in [2.24, 2.45) is 0 Å². The van der Waals surface area contributed by atoms with E-state index in [0.29, 0.717) is 11.4 Å². The fourth-order valence-electron chi connectivity index (χ4n) is 3.53. The van der Waals surface area contributed by atoms with Crippen molar-refractivity contribution in [1.29, 1.82) is 0 Å². The molecule has 5 nitrogen and oxygen atoms in total. The second-order valence-electron chi connectivity index (χ2n) is 7.17. The minimum atomic E-state index is -0.0962. The number of piperidine rings is 1. The van der Waals surface area contributed by atoms with Crippen molar-refractivity contribution >= 4 is 5.91 Å². The van der Waals surface area contributed by atoms with Crippen LogP contribution in [0.15, 0.2) is 73.1 Å². The minimum absolute atomic E-state index is 0.0962. The van der Waals surface area contributed by atoms with Crippen LogP contribution in [-0.4, -0.2) is 39.9 Å². The van der Waals surface area contributed by atoms with Crippen molar-refractivity contribution in [3.8, 4) is 11.4 Å². The molecule has 28 heavy (non-hydrogen) atoms. The van der Waals surface area contributed by atoms with Crippen LogP contribution >= 0.6 is 0 Å². The van der Waals surface area contributed by atoms with Gasteiger partial charge in [-0.2, -0.15) is 0 Å². The molecule has 0 aliphatic carbocycles. The van der Waals surface area contributed by atoms with Crippen LogP contribution in [0, 0.1) is 0 Å². The Morgan fingerprint density at radius 3 is 2.18 bits per heavy atom. The molecule has 1 fully saturated rings. The van der Waals surface area contributed by atoms with Crippen molar-refractivity contribution in [2.45, 2.75) is 25.4 Å². The molecule has 142 valence electrons. The minimum Gasteiger partial charge on any atom is -0.349 e. The number of benzene rings is 2. The Balaban J connectivity index is 1.29. The van der Waals surface area contributed by atoms with Gasteiger partial charge >= 0.3 is 0 Å². The lowest BCUT2D eigenvalue weighted by Gasteiger charge is -2.32. The fourth-order valence-corrected chi connectivity index (χ4v) is 3.53. The molecule has 4 rings (SSSR count). The summed E-state index contributed by atoms with van der Waals surface area (Å²) >= 11 is 0. The van der Waals surface area contributed by atoms with E-state index in [1.165, 1.54) is 5.56 Å². The number of rotatable bonds is 5. The molecular formula is C23H24N4O. The van der Waals surface area contributed by atoms with Crippen LogP contribution in [0.1, 0.15) is 28.8 Å². The van der Waals surface area contributed by atoms with Crippen LogP contribution < -0.4 is 5.32 Å². The van der Waals surface area contributed by atoms with Gasteiger partial charge in [0, 0.05) is 43.6 Å². The van der Waals surface area contributed by atoms with Gasteiger partial charge in [-0.15, -0.1) is 0 Å². The zero-order valence-corrected chi connectivity index (χ0v) is 15.8. The first-order valence-corrected chi connectivity index (χ1v) is 9.72. The van der Waals surface area contributed by atoms with Gasteiger partial charge in [0.1, 0.15) is 0 Å². The lowest BCUT2D eigenvalue weighted by molar-refractivity contribution is 0.0908. The highest BCUT2D eigenvalue weighted by Gasteiger charge is 2.21. The summed E-state index contributed by atoms with van der Waals surface area (Å²) in [4.78, 5) is 23.7. The fraction of sp³-hybridized carbons (Fsp3) is 0.261. The maximum Gasteiger partial charge on any atom is 0.254 e. The van der Waals surface area contributed by atoms with Crippen LogP contribution in [0.4, 0.5) is 0 Å². The number of carbonyl (C=O) groups excluding carboxylic acids is 1. The van der Waals surface area contributed by atoms with Gasteiger partial charge in [0.15, 0.2) is 5.82 Å². The molecule has 1 N–H and O–H groups in total. The van der Waals surface area contributed by atoms with Gasteiger partial charge in [0.25, 0.3) is 5.91 Å². The van der Waals surface area contributed by atoms with Gasteiger partial charge in [-0.1, -0.05) is 60.7 Å². The predicted octanol–water partition coefficient (Wildman–Crippen LogP) is 3.54. The Morgan fingerprint density at radius 2 is 1.54 bits per heavy atom. The quantitative estimate of drug-likeness (QED) is 0.744. The molecule has 3 aromatic rings. The molecular weight excluding hydrogens is 348 g/mol. The van der Waals surface area contributed by atoms with E-state index >= 15 is 0 Å². The van der Waals surface area contributed by atoms with Crippen molar-refractivity contribution < 1.29 is 4.79 Å². The summed E-state index contributed by atoms with van der Waals surface area (Å²) in [5.74, 6) is 0.535. The molecule has 0 spiro atoms. The normalized spacial score (nSPS) is 15.3. The van der Waals surface area contributed by atoms with E-state index in [0.717, 1.165) is 38.0 Å². The number of nitrogens with zero attached hydrogens (tertiary/aromatic N) is 3. The van der Waals surface area contributed by atoms with Crippen molar-refractivity contribution in [3.05, 3.63) is 84.2 Å². The third kappa shape index (κ3) is 4.61. The molecule has 2 heterocycles. The molecule has 0 radical (unpaired) electrons. The molecule has 1 amide bonds. The van der Waals surface area contributed by atoms with Crippen molar-refractivity contribution in [3.63, 3.8) is 0 Å². The number of amides is 1. The second kappa shape index (κ2) is 8.76. The molecule has 5 heteroatoms. The molecule has 0 atom stereocenters. The maximum absolute atomic E-state index is 12.5. The molecule has 0 bridgehead atoms. The maximum atomic E-state index is 12.5. The predicted molar refractivity (Wildman–Crippen MR) is 110 cm³/mol. The van der Waals surface area contributed by atoms with Crippen LogP contribution in [0.2, 0.25) is 0 Å². The summed E-state index contributed by atoms with van der Waals surface area (Å²) in [6.45, 7) is 2.95. The Hall–Kier alpha value is -3.05. The third-order valence-electron chi connectivity index (χ3n) is 5.12. The van der Waals surface area contributed by atoms with Crippen LogP contribution in [0.25, 0.3) is 11.4 Å². The summed E-state index contributed by atoms with van der Waals surface area (Å²) in [5, 5.41) is 3.13. The monoisotopic (exact) mass is 372 g/mol. The highest BCUT2D eigenvalue weighted by atomic mass is 16.1. The lowest BCUT2D eigenvalue weighted by atomic mass is 10.0. The summed E-state index contributed by atoms with van der Waals surface area (Å²) < 4.78 is 0. The van der Waals surface area contributed by atoms with E-state index in [1.807, 2.05) is 36.4 Å². The molecule has 1 aliphatic rings. The Bertz CT molecular complexity index is 889. The molecule has 0 saturated carbocycles. The first kappa shape index (κ1) is 18.3. The topological polar surface area (TPSA) is 58.1 Å². The van der Waals surface area contributed by atoms with E-state index in [2.05, 4.69) is 44.5 Å². The SMILES string of the molecule is O=C(NC1CCN(Cc2ccccc2)CC1)c1cnc(-c2ccccc2)nc1. The largest absolute Gasteiger partial charge is 0.349 e. The lowest BCUT2D eigenvalue weighted by Crippen LogP contribution is -2.44. The summed E-state index contributed by atoms with van der Waals surface area (Å²) in [7, 11) is 0. The first-order chi connectivity index (χ1) is 13.8. The van der Waals surface area contributed by atoms with Gasteiger partial charge < -0.3 is 5.32 Å². The van der Waals surface area contributed by atoms with Crippen LogP contribution in [0.5, 0.6) is 0 Å². The van der Waals surface area contributed by atoms with Crippen LogP contribution in [0.3, 0.4) is 0 Å². The van der Waals surface area contributed by atoms with Crippen LogP contribution in [-0.2, 0) is 6.54 Å². The molecule has 2 aromatic carbocycles. The standard InChI is InChI=1S/C23H24N4O/c28-23(20-15-24-22(25-16-20)19-9-5-2-6-10-19)26-21-11-13-27(14-12-21)17-18-7-3-1-4-8-18/h1-10,15-16,21H,11-14,17H2,(H,26,28). The van der Waals surface area contributed by atoms with Gasteiger partial charge in [-0.25, -0.2) is 9.97 Å². The third-order valence-corrected chi connectivity index (χ3v) is 5.12. The van der Waals surface area contributed by atoms with E-state index in [1.54, 1.807) is 12.4 Å². The Kier molecular flexibility index (Phi) is 5.73. The molecule has 1 saturated heterocycles. The zero-order chi connectivity index (χ0) is 19.2. The first-order valence-electron chi connectivity index (χ1n) is 9.72. The summed E-state index contributed by atoms with van der Waals surface area (Å²) in [5.41, 5.74) is 2.78. The molecule has 0 unspecified atom stereocenters. The average molecular weight is 372 g/mol. The van der Waals surface area contributed by atoms with Gasteiger partial charge in [-0.05, 0) is 18.4 Å². The Labute approximate surface area is 165 Å².